The SMILES string of the molecule is O=C(O)CNC(=O)CCOc1ccc(Br)cc1. The van der Waals surface area contributed by atoms with E-state index in [0.717, 1.165) is 4.47 Å². The number of hydrogen-bond acceptors (Lipinski definition) is 3. The summed E-state index contributed by atoms with van der Waals surface area (Å²) in [6.45, 7) is -0.149. The van der Waals surface area contributed by atoms with Gasteiger partial charge in [-0.3, -0.25) is 9.59 Å². The van der Waals surface area contributed by atoms with Gasteiger partial charge in [-0.15, -0.1) is 0 Å². The van der Waals surface area contributed by atoms with Gasteiger partial charge in [0.15, 0.2) is 0 Å². The number of amides is 1. The van der Waals surface area contributed by atoms with Crippen molar-refractivity contribution in [2.24, 2.45) is 0 Å². The molecular formula is C11H12BrNO4. The minimum atomic E-state index is -1.06. The minimum Gasteiger partial charge on any atom is -0.493 e. The topological polar surface area (TPSA) is 75.6 Å². The molecule has 0 aliphatic heterocycles. The Morgan fingerprint density at radius 2 is 1.94 bits per heavy atom. The molecule has 0 atom stereocenters. The lowest BCUT2D eigenvalue weighted by molar-refractivity contribution is -0.138. The Bertz CT molecular complexity index is 391. The summed E-state index contributed by atoms with van der Waals surface area (Å²) in [6, 6.07) is 7.22. The largest absolute Gasteiger partial charge is 0.493 e. The first-order valence-electron chi connectivity index (χ1n) is 4.95. The number of carbonyl (C=O) groups is 2. The summed E-state index contributed by atoms with van der Waals surface area (Å²) in [4.78, 5) is 21.3. The Balaban J connectivity index is 2.21. The van der Waals surface area contributed by atoms with E-state index >= 15 is 0 Å². The van der Waals surface area contributed by atoms with Crippen LogP contribution in [0.3, 0.4) is 0 Å². The van der Waals surface area contributed by atoms with Gasteiger partial charge in [0.2, 0.25) is 5.91 Å². The predicted octanol–water partition coefficient (Wildman–Crippen LogP) is 1.42. The van der Waals surface area contributed by atoms with Crippen LogP contribution in [0.5, 0.6) is 5.75 Å². The highest BCUT2D eigenvalue weighted by Crippen LogP contribution is 2.15. The van der Waals surface area contributed by atoms with Gasteiger partial charge < -0.3 is 15.2 Å². The lowest BCUT2D eigenvalue weighted by Gasteiger charge is -2.06. The third-order valence-electron chi connectivity index (χ3n) is 1.85. The molecule has 0 heterocycles. The number of carboxylic acid groups (broad SMARTS) is 1. The van der Waals surface area contributed by atoms with Gasteiger partial charge in [-0.2, -0.15) is 0 Å². The van der Waals surface area contributed by atoms with Crippen molar-refractivity contribution in [2.45, 2.75) is 6.42 Å². The second-order valence-corrected chi connectivity index (χ2v) is 4.14. The molecule has 17 heavy (non-hydrogen) atoms. The zero-order valence-electron chi connectivity index (χ0n) is 8.98. The molecule has 0 bridgehead atoms. The number of carbonyl (C=O) groups excluding carboxylic acids is 1. The van der Waals surface area contributed by atoms with Crippen LogP contribution in [0.2, 0.25) is 0 Å². The van der Waals surface area contributed by atoms with Crippen LogP contribution in [0.4, 0.5) is 0 Å². The number of hydrogen-bond donors (Lipinski definition) is 2. The number of carboxylic acids is 1. The van der Waals surface area contributed by atoms with Crippen LogP contribution in [0.25, 0.3) is 0 Å². The zero-order chi connectivity index (χ0) is 12.7. The molecular weight excluding hydrogens is 290 g/mol. The van der Waals surface area contributed by atoms with Crippen LogP contribution in [-0.4, -0.2) is 30.1 Å². The average molecular weight is 302 g/mol. The predicted molar refractivity (Wildman–Crippen MR) is 64.9 cm³/mol. The van der Waals surface area contributed by atoms with E-state index in [1.165, 1.54) is 0 Å². The first-order valence-corrected chi connectivity index (χ1v) is 5.74. The summed E-state index contributed by atoms with van der Waals surface area (Å²) in [5.74, 6) is -0.740. The Hall–Kier alpha value is -1.56. The standard InChI is InChI=1S/C11H12BrNO4/c12-8-1-3-9(4-2-8)17-6-5-10(14)13-7-11(15)16/h1-4H,5-7H2,(H,13,14)(H,15,16). The molecule has 0 saturated heterocycles. The van der Waals surface area contributed by atoms with E-state index in [2.05, 4.69) is 21.2 Å². The third-order valence-corrected chi connectivity index (χ3v) is 2.38. The molecule has 0 radical (unpaired) electrons. The van der Waals surface area contributed by atoms with E-state index in [1.807, 2.05) is 12.1 Å². The van der Waals surface area contributed by atoms with Gasteiger partial charge in [0.25, 0.3) is 0 Å². The summed E-state index contributed by atoms with van der Waals surface area (Å²) in [7, 11) is 0. The molecule has 5 nitrogen and oxygen atoms in total. The molecule has 0 fully saturated rings. The molecule has 1 aromatic carbocycles. The molecule has 0 aliphatic carbocycles. The molecule has 2 N–H and O–H groups in total. The number of aliphatic carboxylic acids is 1. The summed E-state index contributed by atoms with van der Waals surface area (Å²) < 4.78 is 6.26. The van der Waals surface area contributed by atoms with Crippen LogP contribution in [-0.2, 0) is 9.59 Å². The molecule has 92 valence electrons. The zero-order valence-corrected chi connectivity index (χ0v) is 10.6. The van der Waals surface area contributed by atoms with Crippen molar-refractivity contribution in [3.8, 4) is 5.75 Å². The number of benzene rings is 1. The first kappa shape index (κ1) is 13.5. The van der Waals surface area contributed by atoms with Gasteiger partial charge in [0.05, 0.1) is 13.0 Å². The highest BCUT2D eigenvalue weighted by molar-refractivity contribution is 9.10. The molecule has 0 spiro atoms. The fourth-order valence-electron chi connectivity index (χ4n) is 1.05. The maximum absolute atomic E-state index is 11.1. The van der Waals surface area contributed by atoms with Crippen molar-refractivity contribution in [1.29, 1.82) is 0 Å². The van der Waals surface area contributed by atoms with Gasteiger partial charge in [-0.25, -0.2) is 0 Å². The van der Waals surface area contributed by atoms with Crippen molar-refractivity contribution >= 4 is 27.8 Å². The minimum absolute atomic E-state index is 0.128. The molecule has 1 amide bonds. The van der Waals surface area contributed by atoms with Crippen LogP contribution in [0, 0.1) is 0 Å². The van der Waals surface area contributed by atoms with Gasteiger partial charge in [0.1, 0.15) is 12.3 Å². The fourth-order valence-corrected chi connectivity index (χ4v) is 1.32. The van der Waals surface area contributed by atoms with Gasteiger partial charge in [-0.05, 0) is 24.3 Å². The van der Waals surface area contributed by atoms with Crippen LogP contribution >= 0.6 is 15.9 Å². The lowest BCUT2D eigenvalue weighted by Crippen LogP contribution is -2.30. The fraction of sp³-hybridized carbons (Fsp3) is 0.273. The first-order chi connectivity index (χ1) is 8.08. The molecule has 0 unspecified atom stereocenters. The van der Waals surface area contributed by atoms with Crippen molar-refractivity contribution in [3.05, 3.63) is 28.7 Å². The Kier molecular flexibility index (Phi) is 5.48. The molecule has 1 rings (SSSR count). The monoisotopic (exact) mass is 301 g/mol. The second kappa shape index (κ2) is 6.90. The summed E-state index contributed by atoms with van der Waals surface area (Å²) in [5, 5.41) is 10.6. The quantitative estimate of drug-likeness (QED) is 0.833. The highest BCUT2D eigenvalue weighted by atomic mass is 79.9. The van der Waals surface area contributed by atoms with E-state index in [4.69, 9.17) is 9.84 Å². The lowest BCUT2D eigenvalue weighted by atomic mass is 10.3. The average Bonchev–Trinajstić information content (AvgIpc) is 2.29. The van der Waals surface area contributed by atoms with E-state index in [9.17, 15) is 9.59 Å². The summed E-state index contributed by atoms with van der Waals surface area (Å²) in [5.41, 5.74) is 0. The van der Waals surface area contributed by atoms with E-state index in [0.29, 0.717) is 5.75 Å². The molecule has 0 aromatic heterocycles. The van der Waals surface area contributed by atoms with Crippen molar-refractivity contribution < 1.29 is 19.4 Å². The van der Waals surface area contributed by atoms with Crippen molar-refractivity contribution in [1.82, 2.24) is 5.32 Å². The molecule has 1 aromatic rings. The number of nitrogens with one attached hydrogen (secondary N) is 1. The second-order valence-electron chi connectivity index (χ2n) is 3.22. The maximum Gasteiger partial charge on any atom is 0.322 e. The van der Waals surface area contributed by atoms with Crippen molar-refractivity contribution in [2.75, 3.05) is 13.2 Å². The number of rotatable bonds is 6. The highest BCUT2D eigenvalue weighted by Gasteiger charge is 2.03. The molecule has 0 saturated carbocycles. The van der Waals surface area contributed by atoms with Crippen LogP contribution in [0.15, 0.2) is 28.7 Å². The van der Waals surface area contributed by atoms with Crippen LogP contribution < -0.4 is 10.1 Å². The molecule has 0 aliphatic rings. The summed E-state index contributed by atoms with van der Waals surface area (Å²) >= 11 is 3.30. The Morgan fingerprint density at radius 3 is 2.53 bits per heavy atom. The normalized spacial score (nSPS) is 9.71. The van der Waals surface area contributed by atoms with Gasteiger partial charge >= 0.3 is 5.97 Å². The van der Waals surface area contributed by atoms with E-state index < -0.39 is 5.97 Å². The van der Waals surface area contributed by atoms with Gasteiger partial charge in [-0.1, -0.05) is 15.9 Å². The Labute approximate surface area is 107 Å². The molecule has 6 heteroatoms. The van der Waals surface area contributed by atoms with Crippen LogP contribution in [0.1, 0.15) is 6.42 Å². The number of halogens is 1. The smallest absolute Gasteiger partial charge is 0.322 e. The summed E-state index contributed by atoms with van der Waals surface area (Å²) in [6.07, 6.45) is 0.128. The van der Waals surface area contributed by atoms with Crippen molar-refractivity contribution in [3.63, 3.8) is 0 Å². The third kappa shape index (κ3) is 5.91. The van der Waals surface area contributed by atoms with Gasteiger partial charge in [0, 0.05) is 4.47 Å². The number of ether oxygens (including phenoxy) is 1. The maximum atomic E-state index is 11.1. The van der Waals surface area contributed by atoms with E-state index in [-0.39, 0.29) is 25.5 Å². The van der Waals surface area contributed by atoms with E-state index in [1.54, 1.807) is 12.1 Å². The Morgan fingerprint density at radius 1 is 1.29 bits per heavy atom.